The Kier molecular flexibility index (Phi) is 11.5. The quantitative estimate of drug-likeness (QED) is 0.534. The zero-order chi connectivity index (χ0) is 15.5. The minimum absolute atomic E-state index is 0.652. The van der Waals surface area contributed by atoms with E-state index in [1.807, 2.05) is 0 Å². The van der Waals surface area contributed by atoms with Crippen LogP contribution < -0.4 is 5.32 Å². The fourth-order valence-electron chi connectivity index (χ4n) is 2.23. The van der Waals surface area contributed by atoms with Crippen LogP contribution in [-0.4, -0.2) is 37.1 Å². The lowest BCUT2D eigenvalue weighted by molar-refractivity contribution is 0.183. The lowest BCUT2D eigenvalue weighted by Gasteiger charge is -2.30. The normalized spacial score (nSPS) is 13.9. The molecule has 1 atom stereocenters. The molecule has 2 heteroatoms. The van der Waals surface area contributed by atoms with Crippen LogP contribution >= 0.6 is 0 Å². The number of hydrogen-bond donors (Lipinski definition) is 1. The van der Waals surface area contributed by atoms with Crippen molar-refractivity contribution in [2.45, 2.75) is 73.8 Å². The van der Waals surface area contributed by atoms with Gasteiger partial charge in [-0.3, -0.25) is 4.90 Å². The molecule has 1 N–H and O–H groups in total. The monoisotopic (exact) mass is 284 g/mol. The highest BCUT2D eigenvalue weighted by molar-refractivity contribution is 4.71. The van der Waals surface area contributed by atoms with E-state index in [9.17, 15) is 0 Å². The molecule has 20 heavy (non-hydrogen) atoms. The van der Waals surface area contributed by atoms with Crippen LogP contribution in [-0.2, 0) is 0 Å². The molecule has 0 amide bonds. The SMILES string of the molecule is CC(C)CCNCC(C)N(CCC(C)C)CCC(C)C. The fraction of sp³-hybridized carbons (Fsp3) is 1.00. The number of rotatable bonds is 12. The van der Waals surface area contributed by atoms with Crippen molar-refractivity contribution in [1.29, 1.82) is 0 Å². The Balaban J connectivity index is 4.06. The van der Waals surface area contributed by atoms with Gasteiger partial charge in [0.1, 0.15) is 0 Å². The second-order valence-corrected chi connectivity index (χ2v) is 7.64. The molecule has 0 aromatic heterocycles. The van der Waals surface area contributed by atoms with Gasteiger partial charge in [0.25, 0.3) is 0 Å². The third-order valence-electron chi connectivity index (χ3n) is 3.95. The maximum absolute atomic E-state index is 3.63. The molecular formula is C18H40N2. The summed E-state index contributed by atoms with van der Waals surface area (Å²) in [5, 5.41) is 3.63. The van der Waals surface area contributed by atoms with Crippen molar-refractivity contribution in [2.24, 2.45) is 17.8 Å². The van der Waals surface area contributed by atoms with Crippen LogP contribution in [0.1, 0.15) is 67.7 Å². The highest BCUT2D eigenvalue weighted by Crippen LogP contribution is 2.09. The van der Waals surface area contributed by atoms with Gasteiger partial charge < -0.3 is 5.32 Å². The largest absolute Gasteiger partial charge is 0.315 e. The molecule has 122 valence electrons. The van der Waals surface area contributed by atoms with Crippen molar-refractivity contribution < 1.29 is 0 Å². The zero-order valence-electron chi connectivity index (χ0n) is 15.2. The standard InChI is InChI=1S/C18H40N2/c1-15(2)8-11-19-14-18(7)20(12-9-16(3)4)13-10-17(5)6/h15-19H,8-14H2,1-7H3. The second kappa shape index (κ2) is 11.6. The molecule has 0 fully saturated rings. The van der Waals surface area contributed by atoms with Gasteiger partial charge in [0, 0.05) is 12.6 Å². The average molecular weight is 285 g/mol. The van der Waals surface area contributed by atoms with Crippen molar-refractivity contribution in [3.05, 3.63) is 0 Å². The third kappa shape index (κ3) is 11.7. The lowest BCUT2D eigenvalue weighted by Crippen LogP contribution is -2.42. The molecule has 0 aromatic rings. The Morgan fingerprint density at radius 3 is 1.55 bits per heavy atom. The number of nitrogens with zero attached hydrogens (tertiary/aromatic N) is 1. The van der Waals surface area contributed by atoms with Crippen molar-refractivity contribution in [1.82, 2.24) is 10.2 Å². The van der Waals surface area contributed by atoms with Gasteiger partial charge in [0.05, 0.1) is 0 Å². The van der Waals surface area contributed by atoms with E-state index in [1.165, 1.54) is 32.4 Å². The van der Waals surface area contributed by atoms with Crippen molar-refractivity contribution in [3.63, 3.8) is 0 Å². The van der Waals surface area contributed by atoms with Crippen LogP contribution in [0.4, 0.5) is 0 Å². The minimum atomic E-state index is 0.652. The van der Waals surface area contributed by atoms with Crippen LogP contribution in [0.25, 0.3) is 0 Å². The maximum atomic E-state index is 3.63. The summed E-state index contributed by atoms with van der Waals surface area (Å²) in [6, 6.07) is 0.652. The van der Waals surface area contributed by atoms with E-state index < -0.39 is 0 Å². The molecule has 2 nitrogen and oxygen atoms in total. The van der Waals surface area contributed by atoms with Gasteiger partial charge in [-0.05, 0) is 63.6 Å². The molecule has 1 unspecified atom stereocenters. The first-order chi connectivity index (χ1) is 9.32. The smallest absolute Gasteiger partial charge is 0.0192 e. The van der Waals surface area contributed by atoms with E-state index in [2.05, 4.69) is 58.7 Å². The minimum Gasteiger partial charge on any atom is -0.315 e. The van der Waals surface area contributed by atoms with E-state index in [-0.39, 0.29) is 0 Å². The molecule has 0 aliphatic rings. The summed E-state index contributed by atoms with van der Waals surface area (Å²) in [6.07, 6.45) is 3.91. The summed E-state index contributed by atoms with van der Waals surface area (Å²) in [4.78, 5) is 2.68. The summed E-state index contributed by atoms with van der Waals surface area (Å²) in [6.45, 7) is 21.0. The van der Waals surface area contributed by atoms with Gasteiger partial charge in [0.15, 0.2) is 0 Å². The summed E-state index contributed by atoms with van der Waals surface area (Å²) in [5.74, 6) is 2.41. The molecule has 0 heterocycles. The molecule has 0 aliphatic heterocycles. The Morgan fingerprint density at radius 1 is 0.700 bits per heavy atom. The van der Waals surface area contributed by atoms with Gasteiger partial charge in [-0.25, -0.2) is 0 Å². The topological polar surface area (TPSA) is 15.3 Å². The lowest BCUT2D eigenvalue weighted by atomic mass is 10.1. The van der Waals surface area contributed by atoms with Crippen LogP contribution in [0.2, 0.25) is 0 Å². The van der Waals surface area contributed by atoms with E-state index in [0.29, 0.717) is 6.04 Å². The maximum Gasteiger partial charge on any atom is 0.0192 e. The summed E-state index contributed by atoms with van der Waals surface area (Å²) < 4.78 is 0. The van der Waals surface area contributed by atoms with Crippen LogP contribution in [0.15, 0.2) is 0 Å². The Labute approximate surface area is 128 Å². The fourth-order valence-corrected chi connectivity index (χ4v) is 2.23. The van der Waals surface area contributed by atoms with Gasteiger partial charge in [-0.15, -0.1) is 0 Å². The Morgan fingerprint density at radius 2 is 1.15 bits per heavy atom. The van der Waals surface area contributed by atoms with Crippen LogP contribution in [0.3, 0.4) is 0 Å². The first-order valence-electron chi connectivity index (χ1n) is 8.77. The molecule has 0 bridgehead atoms. The molecule has 0 radical (unpaired) electrons. The first kappa shape index (κ1) is 19.9. The second-order valence-electron chi connectivity index (χ2n) is 7.64. The summed E-state index contributed by atoms with van der Waals surface area (Å²) in [7, 11) is 0. The van der Waals surface area contributed by atoms with Crippen LogP contribution in [0.5, 0.6) is 0 Å². The molecule has 0 saturated carbocycles. The van der Waals surface area contributed by atoms with Crippen LogP contribution in [0, 0.1) is 17.8 Å². The first-order valence-corrected chi connectivity index (χ1v) is 8.77. The molecule has 0 aliphatic carbocycles. The average Bonchev–Trinajstić information content (AvgIpc) is 2.33. The van der Waals surface area contributed by atoms with E-state index in [1.54, 1.807) is 0 Å². The molecule has 0 spiro atoms. The van der Waals surface area contributed by atoms with Crippen molar-refractivity contribution in [3.8, 4) is 0 Å². The van der Waals surface area contributed by atoms with Gasteiger partial charge in [-0.1, -0.05) is 41.5 Å². The predicted octanol–water partition coefficient (Wildman–Crippen LogP) is 4.40. The Bertz CT molecular complexity index is 199. The summed E-state index contributed by atoms with van der Waals surface area (Å²) >= 11 is 0. The van der Waals surface area contributed by atoms with Gasteiger partial charge in [-0.2, -0.15) is 0 Å². The van der Waals surface area contributed by atoms with Crippen molar-refractivity contribution in [2.75, 3.05) is 26.2 Å². The molecule has 0 saturated heterocycles. The molecule has 0 aromatic carbocycles. The van der Waals surface area contributed by atoms with E-state index in [4.69, 9.17) is 0 Å². The van der Waals surface area contributed by atoms with Gasteiger partial charge in [0.2, 0.25) is 0 Å². The van der Waals surface area contributed by atoms with E-state index in [0.717, 1.165) is 30.8 Å². The van der Waals surface area contributed by atoms with E-state index >= 15 is 0 Å². The molecule has 0 rings (SSSR count). The highest BCUT2D eigenvalue weighted by atomic mass is 15.2. The van der Waals surface area contributed by atoms with Crippen molar-refractivity contribution >= 4 is 0 Å². The Hall–Kier alpha value is -0.0800. The predicted molar refractivity (Wildman–Crippen MR) is 92.3 cm³/mol. The third-order valence-corrected chi connectivity index (χ3v) is 3.95. The zero-order valence-corrected chi connectivity index (χ0v) is 15.2. The summed E-state index contributed by atoms with van der Waals surface area (Å²) in [5.41, 5.74) is 0. The van der Waals surface area contributed by atoms with Gasteiger partial charge >= 0.3 is 0 Å². The highest BCUT2D eigenvalue weighted by Gasteiger charge is 2.14. The molecular weight excluding hydrogens is 244 g/mol. The number of hydrogen-bond acceptors (Lipinski definition) is 2. The number of nitrogens with one attached hydrogen (secondary N) is 1.